The van der Waals surface area contributed by atoms with Crippen molar-refractivity contribution in [2.75, 3.05) is 0 Å². The van der Waals surface area contributed by atoms with E-state index in [1.165, 1.54) is 5.57 Å². The molecule has 6 nitrogen and oxygen atoms in total. The summed E-state index contributed by atoms with van der Waals surface area (Å²) in [6.45, 7) is 13.9. The van der Waals surface area contributed by atoms with Gasteiger partial charge in [-0.25, -0.2) is 4.79 Å². The molecule has 2 saturated heterocycles. The first kappa shape index (κ1) is 21.4. The predicted molar refractivity (Wildman–Crippen MR) is 117 cm³/mol. The number of nitrogens with zero attached hydrogens (tertiary/aromatic N) is 2. The number of hydrogen-bond acceptors (Lipinski definition) is 5. The normalized spacial score (nSPS) is 27.2. The van der Waals surface area contributed by atoms with Crippen molar-refractivity contribution in [1.82, 2.24) is 9.88 Å². The minimum atomic E-state index is -0.485. The molecule has 0 spiro atoms. The number of hydrogen-bond donors (Lipinski definition) is 0. The van der Waals surface area contributed by atoms with Gasteiger partial charge < -0.3 is 14.0 Å². The second kappa shape index (κ2) is 7.09. The molecule has 4 heterocycles. The van der Waals surface area contributed by atoms with E-state index in [1.807, 2.05) is 38.1 Å². The van der Waals surface area contributed by atoms with Crippen molar-refractivity contribution in [2.45, 2.75) is 96.6 Å². The van der Waals surface area contributed by atoms with Gasteiger partial charge in [-0.05, 0) is 78.9 Å². The Morgan fingerprint density at radius 3 is 2.43 bits per heavy atom. The van der Waals surface area contributed by atoms with Crippen molar-refractivity contribution in [1.29, 1.82) is 0 Å². The van der Waals surface area contributed by atoms with E-state index >= 15 is 0 Å². The van der Waals surface area contributed by atoms with E-state index < -0.39 is 12.7 Å². The van der Waals surface area contributed by atoms with Crippen LogP contribution in [0.5, 0.6) is 0 Å². The summed E-state index contributed by atoms with van der Waals surface area (Å²) in [6.07, 6.45) is 8.48. The van der Waals surface area contributed by atoms with Crippen molar-refractivity contribution in [3.8, 4) is 0 Å². The zero-order valence-electron chi connectivity index (χ0n) is 19.2. The average Bonchev–Trinajstić information content (AvgIpc) is 3.02. The number of rotatable bonds is 2. The Bertz CT molecular complexity index is 858. The van der Waals surface area contributed by atoms with Crippen molar-refractivity contribution >= 4 is 24.2 Å². The maximum absolute atomic E-state index is 12.7. The number of carbonyl (C=O) groups excluding carboxylic acids is 1. The quantitative estimate of drug-likeness (QED) is 0.689. The Morgan fingerprint density at radius 1 is 1.17 bits per heavy atom. The van der Waals surface area contributed by atoms with Gasteiger partial charge in [0.05, 0.1) is 17.2 Å². The Labute approximate surface area is 180 Å². The maximum Gasteiger partial charge on any atom is 0.496 e. The van der Waals surface area contributed by atoms with Gasteiger partial charge in [0.25, 0.3) is 0 Å². The molecule has 162 valence electrons. The fourth-order valence-electron chi connectivity index (χ4n) is 4.38. The van der Waals surface area contributed by atoms with Crippen molar-refractivity contribution in [3.63, 3.8) is 0 Å². The minimum Gasteiger partial charge on any atom is -0.444 e. The molecule has 1 aromatic heterocycles. The first-order valence-corrected chi connectivity index (χ1v) is 10.9. The molecular formula is C23H33BN2O4. The molecule has 0 N–H and O–H groups in total. The van der Waals surface area contributed by atoms with Gasteiger partial charge in [-0.2, -0.15) is 0 Å². The molecule has 2 bridgehead atoms. The van der Waals surface area contributed by atoms with Gasteiger partial charge in [0.2, 0.25) is 0 Å². The van der Waals surface area contributed by atoms with Gasteiger partial charge in [-0.1, -0.05) is 12.1 Å². The fraction of sp³-hybridized carbons (Fsp3) is 0.652. The molecule has 3 aliphatic rings. The molecule has 4 rings (SSSR count). The van der Waals surface area contributed by atoms with Crippen LogP contribution in [-0.2, 0) is 14.0 Å². The Balaban J connectivity index is 1.55. The Kier molecular flexibility index (Phi) is 5.06. The van der Waals surface area contributed by atoms with Crippen molar-refractivity contribution in [2.24, 2.45) is 0 Å². The molecule has 1 amide bonds. The van der Waals surface area contributed by atoms with Gasteiger partial charge >= 0.3 is 13.2 Å². The van der Waals surface area contributed by atoms with E-state index in [0.29, 0.717) is 0 Å². The zero-order chi connectivity index (χ0) is 21.9. The summed E-state index contributed by atoms with van der Waals surface area (Å²) in [6, 6.07) is 2.36. The lowest BCUT2D eigenvalue weighted by Crippen LogP contribution is -2.45. The van der Waals surface area contributed by atoms with Gasteiger partial charge in [-0.3, -0.25) is 9.88 Å². The van der Waals surface area contributed by atoms with Gasteiger partial charge in [-0.15, -0.1) is 0 Å². The van der Waals surface area contributed by atoms with E-state index in [2.05, 4.69) is 44.8 Å². The molecule has 30 heavy (non-hydrogen) atoms. The topological polar surface area (TPSA) is 60.9 Å². The first-order chi connectivity index (χ1) is 13.9. The largest absolute Gasteiger partial charge is 0.496 e. The van der Waals surface area contributed by atoms with Crippen LogP contribution in [0.15, 0.2) is 24.5 Å². The third kappa shape index (κ3) is 3.90. The molecule has 0 aliphatic carbocycles. The lowest BCUT2D eigenvalue weighted by atomic mass is 9.79. The summed E-state index contributed by atoms with van der Waals surface area (Å²) in [7, 11) is -0.429. The number of fused-ring (bicyclic) bond motifs is 2. The molecule has 0 aromatic carbocycles. The second-order valence-corrected chi connectivity index (χ2v) is 10.7. The first-order valence-electron chi connectivity index (χ1n) is 10.9. The highest BCUT2D eigenvalue weighted by molar-refractivity contribution is 6.62. The van der Waals surface area contributed by atoms with Crippen LogP contribution in [0.25, 0.3) is 5.57 Å². The lowest BCUT2D eigenvalue weighted by molar-refractivity contribution is 0.00578. The third-order valence-corrected chi connectivity index (χ3v) is 6.66. The number of carbonyl (C=O) groups is 1. The molecule has 3 aliphatic heterocycles. The van der Waals surface area contributed by atoms with E-state index in [9.17, 15) is 4.79 Å². The summed E-state index contributed by atoms with van der Waals surface area (Å²) in [5, 5.41) is 0. The van der Waals surface area contributed by atoms with E-state index in [4.69, 9.17) is 14.0 Å². The molecule has 0 radical (unpaired) electrons. The Hall–Kier alpha value is -1.86. The number of ether oxygens (including phenoxy) is 1. The summed E-state index contributed by atoms with van der Waals surface area (Å²) in [4.78, 5) is 19.1. The average molecular weight is 412 g/mol. The molecule has 2 unspecified atom stereocenters. The van der Waals surface area contributed by atoms with Gasteiger partial charge in [0.15, 0.2) is 0 Å². The highest BCUT2D eigenvalue weighted by Gasteiger charge is 2.52. The van der Waals surface area contributed by atoms with E-state index in [-0.39, 0.29) is 29.4 Å². The second-order valence-electron chi connectivity index (χ2n) is 10.7. The van der Waals surface area contributed by atoms with E-state index in [0.717, 1.165) is 30.3 Å². The van der Waals surface area contributed by atoms with Crippen LogP contribution in [-0.4, -0.2) is 52.0 Å². The van der Waals surface area contributed by atoms with Crippen LogP contribution in [0.1, 0.15) is 73.3 Å². The third-order valence-electron chi connectivity index (χ3n) is 6.66. The molecule has 1 aromatic rings. The summed E-state index contributed by atoms with van der Waals surface area (Å²) >= 11 is 0. The number of pyridine rings is 1. The minimum absolute atomic E-state index is 0.0779. The molecule has 7 heteroatoms. The molecule has 0 saturated carbocycles. The zero-order valence-corrected chi connectivity index (χ0v) is 19.2. The van der Waals surface area contributed by atoms with E-state index in [1.54, 1.807) is 0 Å². The smallest absolute Gasteiger partial charge is 0.444 e. The summed E-state index contributed by atoms with van der Waals surface area (Å²) in [5.41, 5.74) is 1.97. The van der Waals surface area contributed by atoms with Crippen LogP contribution >= 0.6 is 0 Å². The molecule has 2 atom stereocenters. The van der Waals surface area contributed by atoms with Crippen LogP contribution in [0, 0.1) is 0 Å². The maximum atomic E-state index is 12.7. The van der Waals surface area contributed by atoms with Crippen molar-refractivity contribution < 1.29 is 18.8 Å². The highest BCUT2D eigenvalue weighted by atomic mass is 16.7. The summed E-state index contributed by atoms with van der Waals surface area (Å²) < 4.78 is 18.0. The van der Waals surface area contributed by atoms with Crippen LogP contribution in [0.2, 0.25) is 0 Å². The molecular weight excluding hydrogens is 379 g/mol. The van der Waals surface area contributed by atoms with Crippen LogP contribution in [0.4, 0.5) is 4.79 Å². The van der Waals surface area contributed by atoms with Gasteiger partial charge in [0, 0.05) is 23.9 Å². The monoisotopic (exact) mass is 412 g/mol. The molecule has 2 fully saturated rings. The SMILES string of the molecule is CC(C)(C)OC(=O)N1C2C=C(c3cncc(B4OC(C)(C)C(C)(C)O4)c3)CC1CC2. The number of amides is 1. The lowest BCUT2D eigenvalue weighted by Gasteiger charge is -2.35. The summed E-state index contributed by atoms with van der Waals surface area (Å²) in [5.74, 6) is 0. The Morgan fingerprint density at radius 2 is 1.83 bits per heavy atom. The highest BCUT2D eigenvalue weighted by Crippen LogP contribution is 2.40. The van der Waals surface area contributed by atoms with Crippen molar-refractivity contribution in [3.05, 3.63) is 30.1 Å². The predicted octanol–water partition coefficient (Wildman–Crippen LogP) is 3.94. The number of aromatic nitrogens is 1. The standard InChI is InChI=1S/C23H33BN2O4/c1-21(2,3)28-20(27)26-18-8-9-19(26)12-15(11-18)16-10-17(14-25-13-16)24-29-22(4,5)23(6,7)30-24/h10-11,13-14,18-19H,8-9,12H2,1-7H3. The van der Waals surface area contributed by atoms with Crippen LogP contribution < -0.4 is 5.46 Å². The van der Waals surface area contributed by atoms with Gasteiger partial charge in [0.1, 0.15) is 5.60 Å². The fourth-order valence-corrected chi connectivity index (χ4v) is 4.38. The van der Waals surface area contributed by atoms with Crippen LogP contribution in [0.3, 0.4) is 0 Å².